The molecule has 152 valence electrons. The van der Waals surface area contributed by atoms with Gasteiger partial charge in [0, 0.05) is 23.1 Å². The Labute approximate surface area is 169 Å². The molecule has 0 unspecified atom stereocenters. The Morgan fingerprint density at radius 3 is 2.39 bits per heavy atom. The van der Waals surface area contributed by atoms with E-state index >= 15 is 0 Å². The van der Waals surface area contributed by atoms with Crippen molar-refractivity contribution in [1.29, 1.82) is 0 Å². The minimum atomic E-state index is -1.49. The zero-order valence-corrected chi connectivity index (χ0v) is 16.1. The average molecular weight is 433 g/mol. The third-order valence-corrected chi connectivity index (χ3v) is 6.17. The fourth-order valence-electron chi connectivity index (χ4n) is 2.96. The van der Waals surface area contributed by atoms with Crippen LogP contribution >= 0.6 is 23.4 Å². The molecule has 0 spiro atoms. The molecule has 2 aromatic carbocycles. The molecule has 0 saturated carbocycles. The van der Waals surface area contributed by atoms with Crippen LogP contribution in [0.4, 0.5) is 8.78 Å². The van der Waals surface area contributed by atoms with E-state index in [0.29, 0.717) is 10.6 Å². The molecule has 1 aliphatic rings. The van der Waals surface area contributed by atoms with E-state index < -0.39 is 47.2 Å². The lowest BCUT2D eigenvalue weighted by atomic mass is 10.0. The molecule has 0 aromatic heterocycles. The summed E-state index contributed by atoms with van der Waals surface area (Å²) in [6.45, 7) is -0.413. The molecule has 9 heteroatoms. The lowest BCUT2D eigenvalue weighted by Crippen LogP contribution is -2.55. The van der Waals surface area contributed by atoms with Gasteiger partial charge in [-0.05, 0) is 29.8 Å². The van der Waals surface area contributed by atoms with Crippen LogP contribution in [0.15, 0.2) is 36.4 Å². The van der Waals surface area contributed by atoms with Gasteiger partial charge in [0.2, 0.25) is 0 Å². The maximum atomic E-state index is 14.0. The third kappa shape index (κ3) is 4.59. The van der Waals surface area contributed by atoms with Crippen LogP contribution in [0.3, 0.4) is 0 Å². The van der Waals surface area contributed by atoms with Crippen LogP contribution in [0.2, 0.25) is 5.02 Å². The summed E-state index contributed by atoms with van der Waals surface area (Å²) in [6.07, 6.45) is -4.14. The highest BCUT2D eigenvalue weighted by Crippen LogP contribution is 2.36. The maximum absolute atomic E-state index is 14.0. The topological polar surface area (TPSA) is 90.2 Å². The summed E-state index contributed by atoms with van der Waals surface area (Å²) in [5.74, 6) is -1.12. The largest absolute Gasteiger partial charge is 0.477 e. The number of aliphatic hydroxyl groups excluding tert-OH is 4. The number of hydrogen-bond acceptors (Lipinski definition) is 6. The van der Waals surface area contributed by atoms with E-state index in [-0.39, 0.29) is 17.7 Å². The molecule has 1 saturated heterocycles. The Kier molecular flexibility index (Phi) is 6.80. The van der Waals surface area contributed by atoms with Crippen molar-refractivity contribution in [2.45, 2.75) is 35.4 Å². The van der Waals surface area contributed by atoms with Gasteiger partial charge in [-0.15, -0.1) is 11.8 Å². The van der Waals surface area contributed by atoms with E-state index in [1.54, 1.807) is 12.1 Å². The number of aliphatic hydroxyl groups is 4. The summed E-state index contributed by atoms with van der Waals surface area (Å²) in [4.78, 5) is 0. The van der Waals surface area contributed by atoms with Crippen molar-refractivity contribution < 1.29 is 33.9 Å². The van der Waals surface area contributed by atoms with E-state index in [1.165, 1.54) is 12.1 Å². The van der Waals surface area contributed by atoms with Gasteiger partial charge in [0.15, 0.2) is 5.44 Å². The van der Waals surface area contributed by atoms with Crippen molar-refractivity contribution in [3.63, 3.8) is 0 Å². The standard InChI is InChI=1S/C19H19ClF2O5S/c20-11-2-4-14(10(6-11)5-9-1-3-12(21)7-13(9)22)27-19-18(26)17(25)16(24)15(8-23)28-19/h1-4,6-7,15-19,23-26H,5,8H2/t15-,16+,17-,18+,19-/m0/s1. The van der Waals surface area contributed by atoms with Crippen LogP contribution in [0, 0.1) is 11.6 Å². The fraction of sp³-hybridized carbons (Fsp3) is 0.368. The molecule has 1 aliphatic heterocycles. The zero-order chi connectivity index (χ0) is 20.4. The summed E-state index contributed by atoms with van der Waals surface area (Å²) >= 11 is 7.02. The van der Waals surface area contributed by atoms with Gasteiger partial charge in [-0.25, -0.2) is 8.78 Å². The molecular weight excluding hydrogens is 414 g/mol. The first-order valence-electron chi connectivity index (χ1n) is 8.49. The number of thioether (sulfide) groups is 1. The van der Waals surface area contributed by atoms with Gasteiger partial charge in [-0.1, -0.05) is 17.7 Å². The Morgan fingerprint density at radius 1 is 0.964 bits per heavy atom. The molecule has 3 rings (SSSR count). The highest BCUT2D eigenvalue weighted by Gasteiger charge is 2.44. The molecule has 0 aliphatic carbocycles. The minimum absolute atomic E-state index is 0.0596. The van der Waals surface area contributed by atoms with Gasteiger partial charge in [0.05, 0.1) is 18.0 Å². The normalized spacial score (nSPS) is 27.6. The second kappa shape index (κ2) is 8.94. The molecule has 4 N–H and O–H groups in total. The first kappa shape index (κ1) is 21.3. The number of halogens is 3. The zero-order valence-electron chi connectivity index (χ0n) is 14.5. The quantitative estimate of drug-likeness (QED) is 0.578. The molecular formula is C19H19ClF2O5S. The van der Waals surface area contributed by atoms with Crippen LogP contribution in [-0.4, -0.2) is 56.0 Å². The van der Waals surface area contributed by atoms with Crippen LogP contribution < -0.4 is 4.74 Å². The minimum Gasteiger partial charge on any atom is -0.477 e. The smallest absolute Gasteiger partial charge is 0.173 e. The molecule has 0 bridgehead atoms. The lowest BCUT2D eigenvalue weighted by Gasteiger charge is -2.39. The van der Waals surface area contributed by atoms with Crippen molar-refractivity contribution in [2.24, 2.45) is 0 Å². The average Bonchev–Trinajstić information content (AvgIpc) is 2.66. The van der Waals surface area contributed by atoms with Crippen LogP contribution in [-0.2, 0) is 6.42 Å². The van der Waals surface area contributed by atoms with E-state index in [2.05, 4.69) is 0 Å². The maximum Gasteiger partial charge on any atom is 0.173 e. The molecule has 0 amide bonds. The SMILES string of the molecule is OC[C@@H]1S[C@H](Oc2ccc(Cl)cc2Cc2ccc(F)cc2F)[C@H](O)[C@@H](O)[C@@H]1O. The predicted molar refractivity (Wildman–Crippen MR) is 102 cm³/mol. The fourth-order valence-corrected chi connectivity index (χ4v) is 4.39. The van der Waals surface area contributed by atoms with Crippen molar-refractivity contribution in [1.82, 2.24) is 0 Å². The summed E-state index contributed by atoms with van der Waals surface area (Å²) in [6, 6.07) is 7.90. The Morgan fingerprint density at radius 2 is 1.71 bits per heavy atom. The van der Waals surface area contributed by atoms with Gasteiger partial charge in [-0.3, -0.25) is 0 Å². The Bertz CT molecular complexity index is 838. The van der Waals surface area contributed by atoms with Gasteiger partial charge in [-0.2, -0.15) is 0 Å². The monoisotopic (exact) mass is 432 g/mol. The first-order chi connectivity index (χ1) is 13.3. The number of benzene rings is 2. The van der Waals surface area contributed by atoms with Crippen LogP contribution in [0.25, 0.3) is 0 Å². The lowest BCUT2D eigenvalue weighted by molar-refractivity contribution is -0.0910. The van der Waals surface area contributed by atoms with E-state index in [0.717, 1.165) is 23.9 Å². The van der Waals surface area contributed by atoms with E-state index in [4.69, 9.17) is 16.3 Å². The second-order valence-electron chi connectivity index (χ2n) is 6.48. The summed E-state index contributed by atoms with van der Waals surface area (Å²) < 4.78 is 33.0. The van der Waals surface area contributed by atoms with Gasteiger partial charge >= 0.3 is 0 Å². The third-order valence-electron chi connectivity index (χ3n) is 4.51. The second-order valence-corrected chi connectivity index (χ2v) is 8.26. The Hall–Kier alpha value is -1.42. The molecule has 1 heterocycles. The van der Waals surface area contributed by atoms with Crippen molar-refractivity contribution in [3.8, 4) is 5.75 Å². The predicted octanol–water partition coefficient (Wildman–Crippen LogP) is 2.10. The molecule has 0 radical (unpaired) electrons. The summed E-state index contributed by atoms with van der Waals surface area (Å²) in [5.41, 5.74) is -0.255. The first-order valence-corrected chi connectivity index (χ1v) is 9.81. The molecule has 5 atom stereocenters. The van der Waals surface area contributed by atoms with Gasteiger partial charge < -0.3 is 25.2 Å². The van der Waals surface area contributed by atoms with E-state index in [1.807, 2.05) is 0 Å². The highest BCUT2D eigenvalue weighted by molar-refractivity contribution is 8.00. The van der Waals surface area contributed by atoms with Crippen molar-refractivity contribution in [3.05, 3.63) is 64.2 Å². The number of ether oxygens (including phenoxy) is 1. The molecule has 2 aromatic rings. The molecule has 28 heavy (non-hydrogen) atoms. The molecule has 1 fully saturated rings. The number of rotatable bonds is 5. The Balaban J connectivity index is 1.86. The highest BCUT2D eigenvalue weighted by atomic mass is 35.5. The van der Waals surface area contributed by atoms with Crippen molar-refractivity contribution >= 4 is 23.4 Å². The van der Waals surface area contributed by atoms with Gasteiger partial charge in [0.25, 0.3) is 0 Å². The van der Waals surface area contributed by atoms with Crippen LogP contribution in [0.1, 0.15) is 11.1 Å². The van der Waals surface area contributed by atoms with Crippen molar-refractivity contribution in [2.75, 3.05) is 6.61 Å². The summed E-state index contributed by atoms with van der Waals surface area (Å²) in [5, 5.41) is 39.1. The number of hydrogen-bond donors (Lipinski definition) is 4. The van der Waals surface area contributed by atoms with Crippen LogP contribution in [0.5, 0.6) is 5.75 Å². The molecule has 5 nitrogen and oxygen atoms in total. The van der Waals surface area contributed by atoms with E-state index in [9.17, 15) is 29.2 Å². The van der Waals surface area contributed by atoms with Gasteiger partial charge in [0.1, 0.15) is 29.6 Å². The summed E-state index contributed by atoms with van der Waals surface area (Å²) in [7, 11) is 0.